The molecule has 7 nitrogen and oxygen atoms in total. The standard InChI is InChI=1S/C19H25N3O4S2/c1-15-7-8-17(27(23,24)18-6-4-10-20-14-18)13-19(15)28(25,26)22-12-9-16-5-2-3-11-21-16/h4,6-8,10,13-14,16,21-22H,2-3,5,9,11-12H2,1H3. The molecule has 1 aromatic heterocycles. The van der Waals surface area contributed by atoms with Crippen molar-refractivity contribution in [1.82, 2.24) is 15.0 Å². The van der Waals surface area contributed by atoms with Crippen LogP contribution in [0.3, 0.4) is 0 Å². The fourth-order valence-electron chi connectivity index (χ4n) is 3.29. The number of hydrogen-bond acceptors (Lipinski definition) is 6. The van der Waals surface area contributed by atoms with Crippen molar-refractivity contribution in [2.24, 2.45) is 0 Å². The van der Waals surface area contributed by atoms with Gasteiger partial charge in [0.1, 0.15) is 0 Å². The van der Waals surface area contributed by atoms with Gasteiger partial charge in [0, 0.05) is 25.0 Å². The molecule has 1 unspecified atom stereocenters. The van der Waals surface area contributed by atoms with Gasteiger partial charge in [0.05, 0.1) is 14.7 Å². The molecule has 1 saturated heterocycles. The third-order valence-corrected chi connectivity index (χ3v) is 8.24. The maximum absolute atomic E-state index is 12.8. The van der Waals surface area contributed by atoms with E-state index in [2.05, 4.69) is 15.0 Å². The van der Waals surface area contributed by atoms with Gasteiger partial charge < -0.3 is 5.32 Å². The van der Waals surface area contributed by atoms with E-state index in [4.69, 9.17) is 0 Å². The van der Waals surface area contributed by atoms with E-state index in [-0.39, 0.29) is 14.7 Å². The smallest absolute Gasteiger partial charge is 0.240 e. The summed E-state index contributed by atoms with van der Waals surface area (Å²) < 4.78 is 53.7. The molecule has 2 heterocycles. The Bertz CT molecular complexity index is 1020. The first kappa shape index (κ1) is 20.9. The van der Waals surface area contributed by atoms with Gasteiger partial charge >= 0.3 is 0 Å². The summed E-state index contributed by atoms with van der Waals surface area (Å²) in [7, 11) is -7.66. The summed E-state index contributed by atoms with van der Waals surface area (Å²) in [5.74, 6) is 0. The van der Waals surface area contributed by atoms with Crippen LogP contribution in [0.2, 0.25) is 0 Å². The predicted octanol–water partition coefficient (Wildman–Crippen LogP) is 2.03. The quantitative estimate of drug-likeness (QED) is 0.706. The van der Waals surface area contributed by atoms with Gasteiger partial charge in [-0.15, -0.1) is 0 Å². The minimum absolute atomic E-state index is 0.0194. The second-order valence-electron chi connectivity index (χ2n) is 6.95. The molecule has 0 saturated carbocycles. The molecule has 3 rings (SSSR count). The molecular weight excluding hydrogens is 398 g/mol. The van der Waals surface area contributed by atoms with E-state index in [0.29, 0.717) is 24.6 Å². The molecule has 0 aliphatic carbocycles. The Morgan fingerprint density at radius 2 is 1.96 bits per heavy atom. The molecule has 0 amide bonds. The van der Waals surface area contributed by atoms with Crippen molar-refractivity contribution in [3.63, 3.8) is 0 Å². The zero-order chi connectivity index (χ0) is 20.2. The number of nitrogens with zero attached hydrogens (tertiary/aromatic N) is 1. The largest absolute Gasteiger partial charge is 0.314 e. The topological polar surface area (TPSA) is 105 Å². The lowest BCUT2D eigenvalue weighted by atomic mass is 10.0. The normalized spacial score (nSPS) is 18.1. The van der Waals surface area contributed by atoms with E-state index in [0.717, 1.165) is 25.8 Å². The summed E-state index contributed by atoms with van der Waals surface area (Å²) in [4.78, 5) is 3.77. The molecule has 0 bridgehead atoms. The molecule has 28 heavy (non-hydrogen) atoms. The number of hydrogen-bond donors (Lipinski definition) is 2. The molecule has 9 heteroatoms. The second kappa shape index (κ2) is 8.69. The van der Waals surface area contributed by atoms with E-state index in [1.54, 1.807) is 6.92 Å². The van der Waals surface area contributed by atoms with Gasteiger partial charge in [-0.3, -0.25) is 4.98 Å². The number of aromatic nitrogens is 1. The van der Waals surface area contributed by atoms with Crippen LogP contribution in [0.1, 0.15) is 31.2 Å². The zero-order valence-corrected chi connectivity index (χ0v) is 17.4. The number of nitrogens with one attached hydrogen (secondary N) is 2. The first-order valence-corrected chi connectivity index (χ1v) is 12.3. The van der Waals surface area contributed by atoms with Crippen LogP contribution < -0.4 is 10.0 Å². The summed E-state index contributed by atoms with van der Waals surface area (Å²) in [6, 6.07) is 7.43. The van der Waals surface area contributed by atoms with Crippen molar-refractivity contribution in [2.75, 3.05) is 13.1 Å². The summed E-state index contributed by atoms with van der Waals surface area (Å²) in [6.45, 7) is 2.92. The molecular formula is C19H25N3O4S2. The molecule has 1 aromatic carbocycles. The molecule has 152 valence electrons. The van der Waals surface area contributed by atoms with Crippen LogP contribution in [-0.2, 0) is 19.9 Å². The second-order valence-corrected chi connectivity index (χ2v) is 10.6. The Balaban J connectivity index is 1.80. The lowest BCUT2D eigenvalue weighted by Gasteiger charge is -2.23. The number of aryl methyl sites for hydroxylation is 1. The van der Waals surface area contributed by atoms with E-state index in [1.807, 2.05) is 0 Å². The molecule has 1 aliphatic heterocycles. The van der Waals surface area contributed by atoms with Crippen LogP contribution in [0.15, 0.2) is 57.4 Å². The predicted molar refractivity (Wildman–Crippen MR) is 106 cm³/mol. The van der Waals surface area contributed by atoms with Crippen molar-refractivity contribution in [3.05, 3.63) is 48.3 Å². The number of sulfonamides is 1. The Kier molecular flexibility index (Phi) is 6.49. The minimum atomic E-state index is -3.84. The van der Waals surface area contributed by atoms with Crippen molar-refractivity contribution in [2.45, 2.75) is 53.3 Å². The van der Waals surface area contributed by atoms with E-state index < -0.39 is 19.9 Å². The van der Waals surface area contributed by atoms with Crippen LogP contribution >= 0.6 is 0 Å². The summed E-state index contributed by atoms with van der Waals surface area (Å²) in [6.07, 6.45) is 6.77. The zero-order valence-electron chi connectivity index (χ0n) is 15.8. The number of pyridine rings is 1. The van der Waals surface area contributed by atoms with E-state index in [9.17, 15) is 16.8 Å². The number of piperidine rings is 1. The van der Waals surface area contributed by atoms with Gasteiger partial charge in [0.15, 0.2) is 0 Å². The average molecular weight is 424 g/mol. The molecule has 1 atom stereocenters. The van der Waals surface area contributed by atoms with Crippen molar-refractivity contribution < 1.29 is 16.8 Å². The lowest BCUT2D eigenvalue weighted by Crippen LogP contribution is -2.37. The highest BCUT2D eigenvalue weighted by molar-refractivity contribution is 7.91. The van der Waals surface area contributed by atoms with Crippen LogP contribution in [0.5, 0.6) is 0 Å². The maximum atomic E-state index is 12.8. The minimum Gasteiger partial charge on any atom is -0.314 e. The van der Waals surface area contributed by atoms with Gasteiger partial charge in [-0.25, -0.2) is 21.6 Å². The Labute approximate surface area is 166 Å². The van der Waals surface area contributed by atoms with Gasteiger partial charge in [0.25, 0.3) is 0 Å². The van der Waals surface area contributed by atoms with Crippen LogP contribution in [0.4, 0.5) is 0 Å². The van der Waals surface area contributed by atoms with Crippen molar-refractivity contribution in [3.8, 4) is 0 Å². The number of benzene rings is 1. The van der Waals surface area contributed by atoms with Crippen LogP contribution in [0, 0.1) is 6.92 Å². The van der Waals surface area contributed by atoms with E-state index in [1.165, 1.54) is 42.7 Å². The molecule has 2 N–H and O–H groups in total. The van der Waals surface area contributed by atoms with E-state index >= 15 is 0 Å². The van der Waals surface area contributed by atoms with Crippen molar-refractivity contribution in [1.29, 1.82) is 0 Å². The summed E-state index contributed by atoms with van der Waals surface area (Å²) >= 11 is 0. The molecule has 1 fully saturated rings. The average Bonchev–Trinajstić information content (AvgIpc) is 2.69. The fraction of sp³-hybridized carbons (Fsp3) is 0.421. The first-order chi connectivity index (χ1) is 13.3. The Morgan fingerprint density at radius 1 is 1.14 bits per heavy atom. The molecule has 0 spiro atoms. The highest BCUT2D eigenvalue weighted by Gasteiger charge is 2.23. The van der Waals surface area contributed by atoms with Gasteiger partial charge in [0.2, 0.25) is 19.9 Å². The third-order valence-electron chi connectivity index (χ3n) is 4.90. The highest BCUT2D eigenvalue weighted by Crippen LogP contribution is 2.25. The number of sulfone groups is 1. The van der Waals surface area contributed by atoms with Crippen LogP contribution in [0.25, 0.3) is 0 Å². The molecule has 0 radical (unpaired) electrons. The SMILES string of the molecule is Cc1ccc(S(=O)(=O)c2cccnc2)cc1S(=O)(=O)NCCC1CCCCN1. The fourth-order valence-corrected chi connectivity index (χ4v) is 5.94. The molecule has 1 aliphatic rings. The molecule has 2 aromatic rings. The Morgan fingerprint density at radius 3 is 2.64 bits per heavy atom. The summed E-state index contributed by atoms with van der Waals surface area (Å²) in [5, 5.41) is 3.38. The third kappa shape index (κ3) is 4.78. The highest BCUT2D eigenvalue weighted by atomic mass is 32.2. The monoisotopic (exact) mass is 423 g/mol. The van der Waals surface area contributed by atoms with Gasteiger partial charge in [-0.2, -0.15) is 0 Å². The van der Waals surface area contributed by atoms with Gasteiger partial charge in [-0.05, 0) is 62.6 Å². The lowest BCUT2D eigenvalue weighted by molar-refractivity contribution is 0.382. The van der Waals surface area contributed by atoms with Crippen molar-refractivity contribution >= 4 is 19.9 Å². The number of rotatable bonds is 7. The maximum Gasteiger partial charge on any atom is 0.240 e. The van der Waals surface area contributed by atoms with Gasteiger partial charge in [-0.1, -0.05) is 12.5 Å². The Hall–Kier alpha value is -1.81. The van der Waals surface area contributed by atoms with Crippen LogP contribution in [-0.4, -0.2) is 41.0 Å². The first-order valence-electron chi connectivity index (χ1n) is 9.29. The summed E-state index contributed by atoms with van der Waals surface area (Å²) in [5.41, 5.74) is 0.494.